The zero-order chi connectivity index (χ0) is 26.6. The fourth-order valence-corrected chi connectivity index (χ4v) is 4.63. The van der Waals surface area contributed by atoms with E-state index in [9.17, 15) is 14.0 Å². The van der Waals surface area contributed by atoms with Gasteiger partial charge in [0.05, 0.1) is 17.5 Å². The van der Waals surface area contributed by atoms with E-state index in [4.69, 9.17) is 11.6 Å². The Hall–Kier alpha value is -3.20. The Bertz CT molecular complexity index is 1230. The molecule has 0 aliphatic carbocycles. The lowest BCUT2D eigenvalue weighted by Crippen LogP contribution is -2.25. The third-order valence-electron chi connectivity index (χ3n) is 5.63. The maximum Gasteiger partial charge on any atom is 0.273 e. The zero-order valence-electron chi connectivity index (χ0n) is 20.8. The summed E-state index contributed by atoms with van der Waals surface area (Å²) in [5.41, 5.74) is 4.94. The van der Waals surface area contributed by atoms with Crippen LogP contribution in [-0.4, -0.2) is 48.3 Å². The highest BCUT2D eigenvalue weighted by Gasteiger charge is 2.15. The second-order valence-electron chi connectivity index (χ2n) is 8.17. The topological polar surface area (TPSA) is 73.8 Å². The van der Waals surface area contributed by atoms with E-state index in [0.29, 0.717) is 21.8 Å². The lowest BCUT2D eigenvalue weighted by atomic mass is 10.1. The average molecular weight is 541 g/mol. The molecule has 0 spiro atoms. The quantitative estimate of drug-likeness (QED) is 0.166. The molecular weight excluding hydrogens is 511 g/mol. The van der Waals surface area contributed by atoms with Crippen molar-refractivity contribution in [3.63, 3.8) is 0 Å². The smallest absolute Gasteiger partial charge is 0.273 e. The van der Waals surface area contributed by atoms with E-state index in [2.05, 4.69) is 34.6 Å². The molecule has 0 saturated heterocycles. The molecular formula is C28H30ClFN4O2S. The predicted octanol–water partition coefficient (Wildman–Crippen LogP) is 6.07. The number of thioether (sulfide) groups is 1. The van der Waals surface area contributed by atoms with E-state index in [1.807, 2.05) is 23.9 Å². The van der Waals surface area contributed by atoms with Gasteiger partial charge in [0.25, 0.3) is 11.8 Å². The van der Waals surface area contributed by atoms with Crippen LogP contribution in [0.5, 0.6) is 0 Å². The first-order valence-electron chi connectivity index (χ1n) is 12.0. The molecule has 2 N–H and O–H groups in total. The molecule has 3 aromatic rings. The number of nitrogens with zero attached hydrogens (tertiary/aromatic N) is 2. The van der Waals surface area contributed by atoms with Gasteiger partial charge in [0.15, 0.2) is 0 Å². The van der Waals surface area contributed by atoms with Crippen LogP contribution in [0, 0.1) is 5.82 Å². The van der Waals surface area contributed by atoms with Crippen molar-refractivity contribution >= 4 is 47.1 Å². The third kappa shape index (κ3) is 9.00. The van der Waals surface area contributed by atoms with Gasteiger partial charge in [0, 0.05) is 28.6 Å². The Morgan fingerprint density at radius 1 is 1.03 bits per heavy atom. The minimum atomic E-state index is -0.567. The number of anilines is 1. The Labute approximate surface area is 226 Å². The third-order valence-corrected chi connectivity index (χ3v) is 6.88. The first-order valence-corrected chi connectivity index (χ1v) is 13.5. The molecule has 0 heterocycles. The van der Waals surface area contributed by atoms with Gasteiger partial charge in [-0.25, -0.2) is 9.82 Å². The van der Waals surface area contributed by atoms with E-state index in [-0.39, 0.29) is 11.5 Å². The number of benzene rings is 3. The summed E-state index contributed by atoms with van der Waals surface area (Å²) < 4.78 is 13.3. The summed E-state index contributed by atoms with van der Waals surface area (Å²) >= 11 is 7.95. The number of halogens is 2. The number of carbonyl (C=O) groups is 2. The molecule has 0 radical (unpaired) electrons. The van der Waals surface area contributed by atoms with Crippen LogP contribution in [-0.2, 0) is 5.75 Å². The summed E-state index contributed by atoms with van der Waals surface area (Å²) in [6.07, 6.45) is 1.33. The van der Waals surface area contributed by atoms with Crippen LogP contribution >= 0.6 is 23.4 Å². The number of hydrogen-bond donors (Lipinski definition) is 2. The van der Waals surface area contributed by atoms with Crippen LogP contribution in [0.3, 0.4) is 0 Å². The Morgan fingerprint density at radius 3 is 2.49 bits per heavy atom. The van der Waals surface area contributed by atoms with E-state index in [0.717, 1.165) is 36.7 Å². The SMILES string of the molecule is CCN(CC)CCSCc1ccc(C(=O)Nc2ccc(Cl)cc2C(=O)NN=Cc2cccc(F)c2)cc1. The molecule has 0 aliphatic heterocycles. The minimum Gasteiger partial charge on any atom is -0.321 e. The van der Waals surface area contributed by atoms with Crippen molar-refractivity contribution in [1.29, 1.82) is 0 Å². The van der Waals surface area contributed by atoms with Gasteiger partial charge in [-0.15, -0.1) is 0 Å². The highest BCUT2D eigenvalue weighted by molar-refractivity contribution is 7.98. The normalized spacial score (nSPS) is 11.2. The van der Waals surface area contributed by atoms with Gasteiger partial charge in [0.1, 0.15) is 5.82 Å². The van der Waals surface area contributed by atoms with Crippen molar-refractivity contribution in [3.8, 4) is 0 Å². The zero-order valence-corrected chi connectivity index (χ0v) is 22.4. The summed E-state index contributed by atoms with van der Waals surface area (Å²) in [6, 6.07) is 17.8. The fraction of sp³-hybridized carbons (Fsp3) is 0.250. The monoisotopic (exact) mass is 540 g/mol. The number of amides is 2. The maximum absolute atomic E-state index is 13.3. The molecule has 3 rings (SSSR count). The molecule has 3 aromatic carbocycles. The Kier molecular flexibility index (Phi) is 11.1. The van der Waals surface area contributed by atoms with Crippen LogP contribution in [0.1, 0.15) is 45.7 Å². The van der Waals surface area contributed by atoms with Crippen molar-refractivity contribution in [2.45, 2.75) is 19.6 Å². The average Bonchev–Trinajstić information content (AvgIpc) is 2.90. The molecule has 0 aliphatic rings. The van der Waals surface area contributed by atoms with Crippen LogP contribution in [0.15, 0.2) is 71.8 Å². The van der Waals surface area contributed by atoms with Gasteiger partial charge in [-0.05, 0) is 66.7 Å². The second kappa shape index (κ2) is 14.5. The van der Waals surface area contributed by atoms with Crippen molar-refractivity contribution in [1.82, 2.24) is 10.3 Å². The van der Waals surface area contributed by atoms with Crippen LogP contribution in [0.25, 0.3) is 0 Å². The molecule has 0 fully saturated rings. The predicted molar refractivity (Wildman–Crippen MR) is 151 cm³/mol. The van der Waals surface area contributed by atoms with Crippen molar-refractivity contribution in [2.24, 2.45) is 5.10 Å². The van der Waals surface area contributed by atoms with E-state index < -0.39 is 11.7 Å². The maximum atomic E-state index is 13.3. The van der Waals surface area contributed by atoms with Gasteiger partial charge < -0.3 is 10.2 Å². The van der Waals surface area contributed by atoms with Crippen LogP contribution in [0.4, 0.5) is 10.1 Å². The molecule has 6 nitrogen and oxygen atoms in total. The number of hydrogen-bond acceptors (Lipinski definition) is 5. The summed E-state index contributed by atoms with van der Waals surface area (Å²) in [5.74, 6) is 0.610. The molecule has 0 aromatic heterocycles. The number of hydrazone groups is 1. The highest BCUT2D eigenvalue weighted by Crippen LogP contribution is 2.22. The molecule has 194 valence electrons. The fourth-order valence-electron chi connectivity index (χ4n) is 3.50. The van der Waals surface area contributed by atoms with Gasteiger partial charge in [-0.1, -0.05) is 49.7 Å². The lowest BCUT2D eigenvalue weighted by molar-refractivity contribution is 0.0956. The van der Waals surface area contributed by atoms with Crippen LogP contribution in [0.2, 0.25) is 5.02 Å². The molecule has 0 bridgehead atoms. The first kappa shape index (κ1) is 28.4. The van der Waals surface area contributed by atoms with Gasteiger partial charge in [-0.2, -0.15) is 16.9 Å². The van der Waals surface area contributed by atoms with Crippen molar-refractivity contribution in [3.05, 3.63) is 99.8 Å². The standard InChI is InChI=1S/C28H30ClFN4O2S/c1-3-34(4-2)14-15-37-19-20-8-10-22(11-9-20)27(35)32-26-13-12-23(29)17-25(26)28(36)33-31-18-21-6-5-7-24(30)16-21/h5-13,16-18H,3-4,14-15,19H2,1-2H3,(H,32,35)(H,33,36). The van der Waals surface area contributed by atoms with E-state index in [1.54, 1.807) is 36.4 Å². The number of carbonyl (C=O) groups excluding carboxylic acids is 2. The summed E-state index contributed by atoms with van der Waals surface area (Å²) in [7, 11) is 0. The first-order chi connectivity index (χ1) is 17.9. The van der Waals surface area contributed by atoms with Gasteiger partial charge in [-0.3, -0.25) is 9.59 Å². The summed E-state index contributed by atoms with van der Waals surface area (Å²) in [6.45, 7) is 7.51. The van der Waals surface area contributed by atoms with Crippen LogP contribution < -0.4 is 10.7 Å². The second-order valence-corrected chi connectivity index (χ2v) is 9.72. The largest absolute Gasteiger partial charge is 0.321 e. The Morgan fingerprint density at radius 2 is 1.78 bits per heavy atom. The molecule has 0 atom stereocenters. The number of rotatable bonds is 12. The van der Waals surface area contributed by atoms with Crippen molar-refractivity contribution < 1.29 is 14.0 Å². The van der Waals surface area contributed by atoms with E-state index >= 15 is 0 Å². The minimum absolute atomic E-state index is 0.151. The molecule has 0 saturated carbocycles. The molecule has 2 amide bonds. The van der Waals surface area contributed by atoms with Crippen molar-refractivity contribution in [2.75, 3.05) is 30.7 Å². The lowest BCUT2D eigenvalue weighted by Gasteiger charge is -2.17. The summed E-state index contributed by atoms with van der Waals surface area (Å²) in [4.78, 5) is 28.0. The van der Waals surface area contributed by atoms with Gasteiger partial charge in [0.2, 0.25) is 0 Å². The molecule has 37 heavy (non-hydrogen) atoms. The van der Waals surface area contributed by atoms with Gasteiger partial charge >= 0.3 is 0 Å². The Balaban J connectivity index is 1.60. The molecule has 0 unspecified atom stereocenters. The highest BCUT2D eigenvalue weighted by atomic mass is 35.5. The number of nitrogens with one attached hydrogen (secondary N) is 2. The molecule has 9 heteroatoms. The van der Waals surface area contributed by atoms with E-state index in [1.165, 1.54) is 24.4 Å². The summed E-state index contributed by atoms with van der Waals surface area (Å²) in [5, 5.41) is 6.99.